The lowest BCUT2D eigenvalue weighted by Gasteiger charge is -2.08. The first-order chi connectivity index (χ1) is 10.6. The number of ether oxygens (including phenoxy) is 1. The number of rotatable bonds is 4. The Hall–Kier alpha value is -3.20. The van der Waals surface area contributed by atoms with Gasteiger partial charge in [-0.2, -0.15) is 5.26 Å². The standard InChI is InChI=1S/C16H12N2O4/c1-22-16(19)14-5-3-2-4-12(14)9-13-7-6-11(10-17)8-15(13)18(20)21/h2-8H,9H2,1H3. The van der Waals surface area contributed by atoms with Crippen molar-refractivity contribution in [3.05, 3.63) is 74.8 Å². The van der Waals surface area contributed by atoms with Gasteiger partial charge >= 0.3 is 5.97 Å². The molecular formula is C16H12N2O4. The van der Waals surface area contributed by atoms with Crippen LogP contribution in [-0.2, 0) is 11.2 Å². The summed E-state index contributed by atoms with van der Waals surface area (Å²) in [4.78, 5) is 22.4. The van der Waals surface area contributed by atoms with Crippen LogP contribution in [0.2, 0.25) is 0 Å². The average molecular weight is 296 g/mol. The monoisotopic (exact) mass is 296 g/mol. The van der Waals surface area contributed by atoms with E-state index in [1.54, 1.807) is 24.3 Å². The van der Waals surface area contributed by atoms with Crippen molar-refractivity contribution in [2.24, 2.45) is 0 Å². The van der Waals surface area contributed by atoms with E-state index >= 15 is 0 Å². The van der Waals surface area contributed by atoms with Gasteiger partial charge in [0.2, 0.25) is 0 Å². The number of benzene rings is 2. The molecule has 0 amide bonds. The highest BCUT2D eigenvalue weighted by atomic mass is 16.6. The predicted molar refractivity (Wildman–Crippen MR) is 78.4 cm³/mol. The van der Waals surface area contributed by atoms with Crippen LogP contribution < -0.4 is 0 Å². The Balaban J connectivity index is 2.46. The number of carbonyl (C=O) groups excluding carboxylic acids is 1. The maximum atomic E-state index is 11.7. The molecule has 0 atom stereocenters. The summed E-state index contributed by atoms with van der Waals surface area (Å²) in [5.41, 5.74) is 1.50. The van der Waals surface area contributed by atoms with Crippen molar-refractivity contribution in [3.63, 3.8) is 0 Å². The van der Waals surface area contributed by atoms with Crippen LogP contribution in [0.1, 0.15) is 27.0 Å². The fourth-order valence-corrected chi connectivity index (χ4v) is 2.14. The second-order valence-corrected chi connectivity index (χ2v) is 4.54. The maximum Gasteiger partial charge on any atom is 0.338 e. The third kappa shape index (κ3) is 3.10. The molecule has 0 heterocycles. The second kappa shape index (κ2) is 6.50. The Morgan fingerprint density at radius 3 is 2.64 bits per heavy atom. The zero-order valence-corrected chi connectivity index (χ0v) is 11.8. The highest BCUT2D eigenvalue weighted by Crippen LogP contribution is 2.24. The van der Waals surface area contributed by atoms with Crippen LogP contribution in [0.25, 0.3) is 0 Å². The van der Waals surface area contributed by atoms with Crippen LogP contribution in [0.5, 0.6) is 0 Å². The van der Waals surface area contributed by atoms with E-state index in [0.29, 0.717) is 16.7 Å². The number of nitro groups is 1. The van der Waals surface area contributed by atoms with Crippen molar-refractivity contribution >= 4 is 11.7 Å². The molecule has 0 aliphatic heterocycles. The molecule has 0 saturated heterocycles. The third-order valence-corrected chi connectivity index (χ3v) is 3.21. The Kier molecular flexibility index (Phi) is 4.49. The summed E-state index contributed by atoms with van der Waals surface area (Å²) in [5.74, 6) is -0.494. The van der Waals surface area contributed by atoms with Crippen molar-refractivity contribution < 1.29 is 14.5 Å². The van der Waals surface area contributed by atoms with E-state index < -0.39 is 10.9 Å². The molecule has 0 N–H and O–H groups in total. The van der Waals surface area contributed by atoms with Gasteiger partial charge in [0.05, 0.1) is 29.2 Å². The minimum absolute atomic E-state index is 0.140. The van der Waals surface area contributed by atoms with Crippen LogP contribution in [0.4, 0.5) is 5.69 Å². The minimum atomic E-state index is -0.531. The maximum absolute atomic E-state index is 11.7. The molecule has 0 unspecified atom stereocenters. The molecule has 0 fully saturated rings. The number of nitriles is 1. The number of nitrogens with zero attached hydrogens (tertiary/aromatic N) is 2. The molecule has 2 aromatic carbocycles. The average Bonchev–Trinajstić information content (AvgIpc) is 2.54. The second-order valence-electron chi connectivity index (χ2n) is 4.54. The van der Waals surface area contributed by atoms with Gasteiger partial charge in [0.15, 0.2) is 0 Å². The fraction of sp³-hybridized carbons (Fsp3) is 0.125. The Bertz CT molecular complexity index is 778. The molecule has 0 radical (unpaired) electrons. The smallest absolute Gasteiger partial charge is 0.338 e. The molecule has 110 valence electrons. The molecule has 2 rings (SSSR count). The van der Waals surface area contributed by atoms with Crippen molar-refractivity contribution in [2.45, 2.75) is 6.42 Å². The summed E-state index contributed by atoms with van der Waals surface area (Å²) in [6, 6.07) is 12.9. The fourth-order valence-electron chi connectivity index (χ4n) is 2.14. The van der Waals surface area contributed by atoms with Gasteiger partial charge in [-0.25, -0.2) is 4.79 Å². The van der Waals surface area contributed by atoms with E-state index in [-0.39, 0.29) is 17.7 Å². The molecule has 0 saturated carbocycles. The van der Waals surface area contributed by atoms with Gasteiger partial charge in [-0.3, -0.25) is 10.1 Å². The summed E-state index contributed by atoms with van der Waals surface area (Å²) < 4.78 is 4.71. The number of carbonyl (C=O) groups is 1. The highest BCUT2D eigenvalue weighted by Gasteiger charge is 2.18. The van der Waals surface area contributed by atoms with Gasteiger partial charge in [0.25, 0.3) is 5.69 Å². The number of esters is 1. The molecule has 22 heavy (non-hydrogen) atoms. The number of methoxy groups -OCH3 is 1. The lowest BCUT2D eigenvalue weighted by Crippen LogP contribution is -2.07. The molecule has 2 aromatic rings. The van der Waals surface area contributed by atoms with Gasteiger partial charge in [-0.05, 0) is 17.7 Å². The molecule has 0 aliphatic rings. The predicted octanol–water partition coefficient (Wildman–Crippen LogP) is 2.84. The van der Waals surface area contributed by atoms with E-state index in [0.717, 1.165) is 0 Å². The van der Waals surface area contributed by atoms with E-state index in [9.17, 15) is 14.9 Å². The topological polar surface area (TPSA) is 93.2 Å². The summed E-state index contributed by atoms with van der Waals surface area (Å²) >= 11 is 0. The zero-order valence-electron chi connectivity index (χ0n) is 11.8. The van der Waals surface area contributed by atoms with E-state index in [2.05, 4.69) is 0 Å². The molecular weight excluding hydrogens is 284 g/mol. The van der Waals surface area contributed by atoms with Gasteiger partial charge in [-0.15, -0.1) is 0 Å². The van der Waals surface area contributed by atoms with Gasteiger partial charge in [0.1, 0.15) is 0 Å². The highest BCUT2D eigenvalue weighted by molar-refractivity contribution is 5.91. The van der Waals surface area contributed by atoms with Crippen molar-refractivity contribution in [3.8, 4) is 6.07 Å². The summed E-state index contributed by atoms with van der Waals surface area (Å²) in [6.45, 7) is 0. The van der Waals surface area contributed by atoms with E-state index in [4.69, 9.17) is 10.00 Å². The summed E-state index contributed by atoms with van der Waals surface area (Å²) in [7, 11) is 1.28. The third-order valence-electron chi connectivity index (χ3n) is 3.21. The number of hydrogen-bond acceptors (Lipinski definition) is 5. The van der Waals surface area contributed by atoms with Crippen molar-refractivity contribution in [2.75, 3.05) is 7.11 Å². The lowest BCUT2D eigenvalue weighted by molar-refractivity contribution is -0.385. The Morgan fingerprint density at radius 1 is 1.27 bits per heavy atom. The van der Waals surface area contributed by atoms with E-state index in [1.165, 1.54) is 25.3 Å². The molecule has 0 bridgehead atoms. The molecule has 6 nitrogen and oxygen atoms in total. The van der Waals surface area contributed by atoms with Crippen molar-refractivity contribution in [1.29, 1.82) is 5.26 Å². The molecule has 0 aliphatic carbocycles. The normalized spacial score (nSPS) is 9.82. The minimum Gasteiger partial charge on any atom is -0.465 e. The Labute approximate surface area is 126 Å². The van der Waals surface area contributed by atoms with E-state index in [1.807, 2.05) is 6.07 Å². The first-order valence-electron chi connectivity index (χ1n) is 6.40. The van der Waals surface area contributed by atoms with Crippen LogP contribution >= 0.6 is 0 Å². The van der Waals surface area contributed by atoms with Gasteiger partial charge in [-0.1, -0.05) is 24.3 Å². The zero-order chi connectivity index (χ0) is 16.1. The quantitative estimate of drug-likeness (QED) is 0.491. The molecule has 6 heteroatoms. The van der Waals surface area contributed by atoms with Crippen LogP contribution in [0.15, 0.2) is 42.5 Å². The molecule has 0 spiro atoms. The van der Waals surface area contributed by atoms with Crippen LogP contribution in [0, 0.1) is 21.4 Å². The summed E-state index contributed by atoms with van der Waals surface area (Å²) in [5, 5.41) is 20.0. The first kappa shape index (κ1) is 15.2. The number of nitro benzene ring substituents is 1. The SMILES string of the molecule is COC(=O)c1ccccc1Cc1ccc(C#N)cc1[N+](=O)[O-]. The summed E-state index contributed by atoms with van der Waals surface area (Å²) in [6.07, 6.45) is 0.202. The Morgan fingerprint density at radius 2 is 2.00 bits per heavy atom. The van der Waals surface area contributed by atoms with Crippen LogP contribution in [0.3, 0.4) is 0 Å². The molecule has 0 aromatic heterocycles. The van der Waals surface area contributed by atoms with Gasteiger partial charge in [0, 0.05) is 18.1 Å². The van der Waals surface area contributed by atoms with Crippen LogP contribution in [-0.4, -0.2) is 18.0 Å². The largest absolute Gasteiger partial charge is 0.465 e. The van der Waals surface area contributed by atoms with Gasteiger partial charge < -0.3 is 4.74 Å². The van der Waals surface area contributed by atoms with Crippen molar-refractivity contribution in [1.82, 2.24) is 0 Å². The first-order valence-corrected chi connectivity index (χ1v) is 6.40. The lowest BCUT2D eigenvalue weighted by atomic mass is 9.98. The number of hydrogen-bond donors (Lipinski definition) is 0.